The summed E-state index contributed by atoms with van der Waals surface area (Å²) >= 11 is 0. The van der Waals surface area contributed by atoms with E-state index in [0.29, 0.717) is 69.1 Å². The summed E-state index contributed by atoms with van der Waals surface area (Å²) in [6.07, 6.45) is 18.0. The fraction of sp³-hybridized carbons (Fsp3) is 0.480. The molecule has 4 atom stereocenters. The Labute approximate surface area is 375 Å². The van der Waals surface area contributed by atoms with Gasteiger partial charge < -0.3 is 36.1 Å². The number of esters is 2. The van der Waals surface area contributed by atoms with Crippen molar-refractivity contribution in [1.82, 2.24) is 4.98 Å². The molecule has 10 heteroatoms. The number of hydrogen-bond donors (Lipinski definition) is 0. The van der Waals surface area contributed by atoms with Crippen molar-refractivity contribution in [3.63, 3.8) is 0 Å². The zero-order valence-electron chi connectivity index (χ0n) is 37.3. The van der Waals surface area contributed by atoms with Gasteiger partial charge in [0, 0.05) is 17.9 Å². The van der Waals surface area contributed by atoms with Crippen molar-refractivity contribution < 1.29 is 23.9 Å². The quantitative estimate of drug-likeness (QED) is 0.0537. The molecule has 6 rings (SSSR count). The van der Waals surface area contributed by atoms with E-state index >= 15 is 0 Å². The SMILES string of the molecule is C=CC1=C2/C=C3\[N-]C(=C(CC)[C-]3C)[CH-]c3[n-]c4c(c3C)C(=O)[C@H](C(=O)OC)/C4=C3/[N-]/C(=C\[C+]([N-]2)C1=C)[C@@H](C)[C@@H]3CCC(=O)OC/C=C(\C)CCC[C@H](C)CCCC(C)C.[Mg+2]. The summed E-state index contributed by atoms with van der Waals surface area (Å²) in [5, 5.41) is 15.2. The number of nitrogens with zero attached hydrogens (tertiary/aromatic N) is 4. The Bertz CT molecular complexity index is 2070. The number of aromatic nitrogens is 1. The first-order valence-corrected chi connectivity index (χ1v) is 21.5. The van der Waals surface area contributed by atoms with Crippen LogP contribution >= 0.6 is 0 Å². The standard InChI is InChI=1S/C50H62N4O5.Mg/c1-12-34-30(7)37-24-39-32(9)36(20-21-43(55)59-23-22-29(6)19-15-18-28(5)17-14-16-27(3)4)47(53-39)45-46(50(57)58-11)49(56)44-33(10)40(54-48(44)45)26-42-35(13-2)31(8)38(52-42)25-41(34)51-37;/h12,22,24-28,32,36,46H,1,7,13-21,23H2,2-6,8-11H3,(H-,53,54,56);/q-4;+2/p-1/b29-22+,38-25-,39-24-;/t28-,32+,36+,46-;/m1./s1. The largest absolute Gasteiger partial charge is 2.00 e. The monoisotopic (exact) mass is 821 g/mol. The topological polar surface area (TPSA) is 126 Å². The number of rotatable bonds is 16. The average Bonchev–Trinajstić information content (AvgIpc) is 3.94. The van der Waals surface area contributed by atoms with Gasteiger partial charge in [0.15, 0.2) is 5.78 Å². The van der Waals surface area contributed by atoms with Gasteiger partial charge in [-0.05, 0) is 80.4 Å². The van der Waals surface area contributed by atoms with Crippen LogP contribution in [0.2, 0.25) is 0 Å². The van der Waals surface area contributed by atoms with Crippen molar-refractivity contribution in [2.75, 3.05) is 13.7 Å². The van der Waals surface area contributed by atoms with Crippen LogP contribution in [0.3, 0.4) is 0 Å². The van der Waals surface area contributed by atoms with E-state index in [0.717, 1.165) is 53.6 Å². The number of ether oxygens (including phenoxy) is 2. The van der Waals surface area contributed by atoms with Crippen molar-refractivity contribution >= 4 is 46.3 Å². The molecule has 1 fully saturated rings. The summed E-state index contributed by atoms with van der Waals surface area (Å²) in [7, 11) is 1.29. The first kappa shape index (κ1) is 46.6. The number of allylic oxidation sites excluding steroid dienone is 7. The summed E-state index contributed by atoms with van der Waals surface area (Å²) in [6.45, 7) is 25.7. The maximum Gasteiger partial charge on any atom is 2.00 e. The van der Waals surface area contributed by atoms with Crippen LogP contribution in [0.25, 0.3) is 21.5 Å². The average molecular weight is 822 g/mol. The Hall–Kier alpha value is -4.41. The second-order valence-corrected chi connectivity index (χ2v) is 17.2. The Morgan fingerprint density at radius 2 is 1.85 bits per heavy atom. The molecule has 0 aromatic carbocycles. The number of ketones is 1. The molecular formula is C50H61MgN4O5-3. The van der Waals surface area contributed by atoms with E-state index in [2.05, 4.69) is 61.6 Å². The first-order valence-electron chi connectivity index (χ1n) is 21.5. The Kier molecular flexibility index (Phi) is 15.5. The van der Waals surface area contributed by atoms with Gasteiger partial charge in [-0.1, -0.05) is 104 Å². The van der Waals surface area contributed by atoms with Crippen LogP contribution in [-0.4, -0.2) is 54.5 Å². The van der Waals surface area contributed by atoms with Crippen molar-refractivity contribution in [2.24, 2.45) is 29.6 Å². The Morgan fingerprint density at radius 3 is 2.53 bits per heavy atom. The molecule has 0 radical (unpaired) electrons. The van der Waals surface area contributed by atoms with Crippen LogP contribution in [0.5, 0.6) is 0 Å². The minimum Gasteiger partial charge on any atom is -0.757 e. The van der Waals surface area contributed by atoms with Crippen molar-refractivity contribution in [1.29, 1.82) is 0 Å². The van der Waals surface area contributed by atoms with Crippen LogP contribution in [0, 0.1) is 54.9 Å². The van der Waals surface area contributed by atoms with Gasteiger partial charge in [0.25, 0.3) is 0 Å². The number of carbonyl (C=O) groups is 3. The van der Waals surface area contributed by atoms with Gasteiger partial charge in [-0.3, -0.25) is 37.8 Å². The molecule has 0 saturated carbocycles. The smallest absolute Gasteiger partial charge is 0.757 e. The zero-order chi connectivity index (χ0) is 42.7. The van der Waals surface area contributed by atoms with E-state index in [9.17, 15) is 14.4 Å². The molecule has 0 amide bonds. The molecular weight excluding hydrogens is 761 g/mol. The van der Waals surface area contributed by atoms with Gasteiger partial charge in [-0.15, -0.1) is 17.1 Å². The van der Waals surface area contributed by atoms with E-state index < -0.39 is 11.9 Å². The maximum atomic E-state index is 14.3. The summed E-state index contributed by atoms with van der Waals surface area (Å²) < 4.78 is 11.0. The summed E-state index contributed by atoms with van der Waals surface area (Å²) in [4.78, 5) is 46.2. The van der Waals surface area contributed by atoms with E-state index in [1.807, 2.05) is 31.6 Å². The van der Waals surface area contributed by atoms with E-state index in [4.69, 9.17) is 30.4 Å². The van der Waals surface area contributed by atoms with E-state index in [1.165, 1.54) is 38.4 Å². The third kappa shape index (κ3) is 9.55. The fourth-order valence-electron chi connectivity index (χ4n) is 9.02. The molecule has 9 nitrogen and oxygen atoms in total. The molecule has 316 valence electrons. The van der Waals surface area contributed by atoms with E-state index in [1.54, 1.807) is 6.08 Å². The van der Waals surface area contributed by atoms with E-state index in [-0.39, 0.29) is 59.7 Å². The second-order valence-electron chi connectivity index (χ2n) is 17.2. The number of hydrogen-bond acceptors (Lipinski definition) is 5. The number of carbonyl (C=O) groups excluding carboxylic acids is 3. The molecule has 1 aromatic heterocycles. The summed E-state index contributed by atoms with van der Waals surface area (Å²) in [5.41, 5.74) is 9.86. The Balaban J connectivity index is 0.00000683. The fourth-order valence-corrected chi connectivity index (χ4v) is 9.02. The normalized spacial score (nSPS) is 24.3. The molecule has 5 heterocycles. The molecule has 8 bridgehead atoms. The minimum atomic E-state index is -1.23. The third-order valence-electron chi connectivity index (χ3n) is 12.7. The molecule has 1 aliphatic carbocycles. The first-order chi connectivity index (χ1) is 28.2. The molecule has 1 aromatic rings. The second kappa shape index (κ2) is 20.0. The van der Waals surface area contributed by atoms with Gasteiger partial charge in [-0.25, -0.2) is 5.92 Å². The molecule has 60 heavy (non-hydrogen) atoms. The molecule has 0 N–H and O–H groups in total. The van der Waals surface area contributed by atoms with Gasteiger partial charge in [-0.2, -0.15) is 11.6 Å². The van der Waals surface area contributed by atoms with Crippen molar-refractivity contribution in [3.05, 3.63) is 145 Å². The molecule has 0 unspecified atom stereocenters. The van der Waals surface area contributed by atoms with Gasteiger partial charge in [0.2, 0.25) is 0 Å². The van der Waals surface area contributed by atoms with Crippen LogP contribution in [0.4, 0.5) is 0 Å². The predicted octanol–water partition coefficient (Wildman–Crippen LogP) is 11.7. The maximum absolute atomic E-state index is 14.3. The summed E-state index contributed by atoms with van der Waals surface area (Å²) in [6, 6.07) is 0.639. The van der Waals surface area contributed by atoms with Gasteiger partial charge >= 0.3 is 35.0 Å². The molecule has 0 spiro atoms. The van der Waals surface area contributed by atoms with Crippen molar-refractivity contribution in [2.45, 2.75) is 113 Å². The van der Waals surface area contributed by atoms with Crippen molar-refractivity contribution in [3.8, 4) is 0 Å². The number of Topliss-reactive ketones (excluding diaryl/α,β-unsaturated/α-hetero) is 1. The number of methoxy groups -OCH3 is 1. The van der Waals surface area contributed by atoms with Crippen LogP contribution in [0.1, 0.15) is 134 Å². The minimum absolute atomic E-state index is 0. The van der Waals surface area contributed by atoms with Crippen LogP contribution in [0.15, 0.2) is 88.2 Å². The molecule has 5 aliphatic rings. The van der Waals surface area contributed by atoms with Gasteiger partial charge in [0.1, 0.15) is 12.5 Å². The third-order valence-corrected chi connectivity index (χ3v) is 12.7. The summed E-state index contributed by atoms with van der Waals surface area (Å²) in [5.74, 6) is -0.619. The Morgan fingerprint density at radius 1 is 1.12 bits per heavy atom. The predicted molar refractivity (Wildman–Crippen MR) is 241 cm³/mol. The van der Waals surface area contributed by atoms with Gasteiger partial charge in [0.05, 0.1) is 12.7 Å². The van der Waals surface area contributed by atoms with Crippen LogP contribution in [-0.2, 0) is 19.1 Å². The van der Waals surface area contributed by atoms with Crippen LogP contribution < -0.4 is 4.98 Å². The molecule has 1 saturated heterocycles. The molecule has 4 aliphatic heterocycles. The zero-order valence-corrected chi connectivity index (χ0v) is 38.7. The number of fused-ring (bicyclic) bond motifs is 7.